The van der Waals surface area contributed by atoms with Gasteiger partial charge in [-0.3, -0.25) is 14.9 Å². The average Bonchev–Trinajstić information content (AvgIpc) is 2.46. The van der Waals surface area contributed by atoms with Crippen molar-refractivity contribution in [3.05, 3.63) is 29.8 Å². The SMILES string of the molecule is CCC(=O)c1ccc(O[C@H](C)C(=O)NC(=O)NC)cc1. The highest BCUT2D eigenvalue weighted by Crippen LogP contribution is 2.15. The van der Waals surface area contributed by atoms with E-state index < -0.39 is 18.0 Å². The summed E-state index contributed by atoms with van der Waals surface area (Å²) in [6, 6.07) is 5.93. The molecule has 2 N–H and O–H groups in total. The molecule has 20 heavy (non-hydrogen) atoms. The first-order valence-electron chi connectivity index (χ1n) is 6.30. The summed E-state index contributed by atoms with van der Waals surface area (Å²) in [6.07, 6.45) is -0.384. The van der Waals surface area contributed by atoms with E-state index >= 15 is 0 Å². The van der Waals surface area contributed by atoms with E-state index in [-0.39, 0.29) is 5.78 Å². The summed E-state index contributed by atoms with van der Waals surface area (Å²) in [5, 5.41) is 4.40. The van der Waals surface area contributed by atoms with Gasteiger partial charge in [-0.15, -0.1) is 0 Å². The van der Waals surface area contributed by atoms with Crippen LogP contribution >= 0.6 is 0 Å². The average molecular weight is 278 g/mol. The monoisotopic (exact) mass is 278 g/mol. The molecule has 0 heterocycles. The summed E-state index contributed by atoms with van der Waals surface area (Å²) in [7, 11) is 1.41. The van der Waals surface area contributed by atoms with Crippen LogP contribution in [0.1, 0.15) is 30.6 Å². The molecule has 0 spiro atoms. The first-order chi connectivity index (χ1) is 9.47. The summed E-state index contributed by atoms with van der Waals surface area (Å²) in [5.41, 5.74) is 0.599. The zero-order valence-electron chi connectivity index (χ0n) is 11.7. The van der Waals surface area contributed by atoms with Gasteiger partial charge in [0.2, 0.25) is 0 Å². The van der Waals surface area contributed by atoms with Crippen molar-refractivity contribution in [1.82, 2.24) is 10.6 Å². The van der Waals surface area contributed by atoms with E-state index in [1.54, 1.807) is 31.2 Å². The van der Waals surface area contributed by atoms with Crippen molar-refractivity contribution < 1.29 is 19.1 Å². The number of ketones is 1. The second-order valence-electron chi connectivity index (χ2n) is 4.13. The van der Waals surface area contributed by atoms with E-state index in [0.29, 0.717) is 17.7 Å². The minimum Gasteiger partial charge on any atom is -0.481 e. The molecule has 0 fully saturated rings. The van der Waals surface area contributed by atoms with Crippen molar-refractivity contribution >= 4 is 17.7 Å². The molecule has 0 saturated carbocycles. The van der Waals surface area contributed by atoms with Gasteiger partial charge in [-0.25, -0.2) is 4.79 Å². The Hall–Kier alpha value is -2.37. The second-order valence-corrected chi connectivity index (χ2v) is 4.13. The molecule has 0 saturated heterocycles. The Kier molecular flexibility index (Phi) is 5.71. The largest absolute Gasteiger partial charge is 0.481 e. The predicted molar refractivity (Wildman–Crippen MR) is 73.8 cm³/mol. The molecule has 3 amide bonds. The quantitative estimate of drug-likeness (QED) is 0.799. The maximum atomic E-state index is 11.6. The molecule has 6 heteroatoms. The second kappa shape index (κ2) is 7.28. The molecule has 0 bridgehead atoms. The third-order valence-corrected chi connectivity index (χ3v) is 2.64. The van der Waals surface area contributed by atoms with Crippen molar-refractivity contribution in [2.75, 3.05) is 7.05 Å². The lowest BCUT2D eigenvalue weighted by atomic mass is 10.1. The number of carbonyl (C=O) groups is 3. The van der Waals surface area contributed by atoms with Crippen LogP contribution in [0.2, 0.25) is 0 Å². The van der Waals surface area contributed by atoms with Crippen LogP contribution in [0, 0.1) is 0 Å². The fraction of sp³-hybridized carbons (Fsp3) is 0.357. The fourth-order valence-corrected chi connectivity index (χ4v) is 1.46. The van der Waals surface area contributed by atoms with Crippen LogP contribution in [-0.2, 0) is 4.79 Å². The van der Waals surface area contributed by atoms with E-state index in [2.05, 4.69) is 10.6 Å². The number of hydrogen-bond donors (Lipinski definition) is 2. The number of ether oxygens (including phenoxy) is 1. The number of carbonyl (C=O) groups excluding carboxylic acids is 3. The lowest BCUT2D eigenvalue weighted by molar-refractivity contribution is -0.126. The molecule has 0 aliphatic rings. The highest BCUT2D eigenvalue weighted by Gasteiger charge is 2.16. The van der Waals surface area contributed by atoms with Crippen LogP contribution in [0.25, 0.3) is 0 Å². The maximum Gasteiger partial charge on any atom is 0.321 e. The number of urea groups is 1. The smallest absolute Gasteiger partial charge is 0.321 e. The molecule has 0 aromatic heterocycles. The lowest BCUT2D eigenvalue weighted by Crippen LogP contribution is -2.43. The number of benzene rings is 1. The Bertz CT molecular complexity index is 496. The Balaban J connectivity index is 2.62. The van der Waals surface area contributed by atoms with Crippen LogP contribution in [-0.4, -0.2) is 30.9 Å². The van der Waals surface area contributed by atoms with Crippen LogP contribution in [0.5, 0.6) is 5.75 Å². The molecular weight excluding hydrogens is 260 g/mol. The molecule has 1 aromatic rings. The van der Waals surface area contributed by atoms with Crippen LogP contribution in [0.15, 0.2) is 24.3 Å². The van der Waals surface area contributed by atoms with Gasteiger partial charge in [0.1, 0.15) is 5.75 Å². The molecule has 1 atom stereocenters. The summed E-state index contributed by atoms with van der Waals surface area (Å²) in [6.45, 7) is 3.32. The van der Waals surface area contributed by atoms with E-state index in [0.717, 1.165) is 0 Å². The van der Waals surface area contributed by atoms with Crippen molar-refractivity contribution in [2.24, 2.45) is 0 Å². The zero-order valence-corrected chi connectivity index (χ0v) is 11.7. The topological polar surface area (TPSA) is 84.5 Å². The normalized spacial score (nSPS) is 11.3. The molecule has 1 aromatic carbocycles. The summed E-state index contributed by atoms with van der Waals surface area (Å²) < 4.78 is 5.39. The van der Waals surface area contributed by atoms with E-state index in [1.165, 1.54) is 14.0 Å². The Morgan fingerprint density at radius 3 is 2.30 bits per heavy atom. The van der Waals surface area contributed by atoms with Gasteiger partial charge in [0.15, 0.2) is 11.9 Å². The van der Waals surface area contributed by atoms with Crippen LogP contribution in [0.4, 0.5) is 4.79 Å². The third-order valence-electron chi connectivity index (χ3n) is 2.64. The van der Waals surface area contributed by atoms with Gasteiger partial charge >= 0.3 is 6.03 Å². The van der Waals surface area contributed by atoms with Crippen molar-refractivity contribution in [3.63, 3.8) is 0 Å². The molecular formula is C14H18N2O4. The van der Waals surface area contributed by atoms with Crippen LogP contribution < -0.4 is 15.4 Å². The Morgan fingerprint density at radius 1 is 1.20 bits per heavy atom. The number of nitrogens with one attached hydrogen (secondary N) is 2. The third kappa shape index (κ3) is 4.38. The minimum atomic E-state index is -0.819. The predicted octanol–water partition coefficient (Wildman–Crippen LogP) is 1.50. The highest BCUT2D eigenvalue weighted by atomic mass is 16.5. The first-order valence-corrected chi connectivity index (χ1v) is 6.30. The van der Waals surface area contributed by atoms with Crippen LogP contribution in [0.3, 0.4) is 0 Å². The molecule has 0 radical (unpaired) electrons. The molecule has 0 aliphatic carbocycles. The maximum absolute atomic E-state index is 11.6. The summed E-state index contributed by atoms with van der Waals surface area (Å²) >= 11 is 0. The number of hydrogen-bond acceptors (Lipinski definition) is 4. The molecule has 1 rings (SSSR count). The van der Waals surface area contributed by atoms with Gasteiger partial charge < -0.3 is 10.1 Å². The Morgan fingerprint density at radius 2 is 1.80 bits per heavy atom. The van der Waals surface area contributed by atoms with Gasteiger partial charge in [-0.05, 0) is 31.2 Å². The molecule has 0 unspecified atom stereocenters. The van der Waals surface area contributed by atoms with Crippen molar-refractivity contribution in [2.45, 2.75) is 26.4 Å². The van der Waals surface area contributed by atoms with E-state index in [9.17, 15) is 14.4 Å². The first kappa shape index (κ1) is 15.7. The summed E-state index contributed by atoms with van der Waals surface area (Å²) in [5.74, 6) is -0.0442. The number of imide groups is 1. The highest BCUT2D eigenvalue weighted by molar-refractivity contribution is 5.96. The summed E-state index contributed by atoms with van der Waals surface area (Å²) in [4.78, 5) is 34.0. The molecule has 6 nitrogen and oxygen atoms in total. The van der Waals surface area contributed by atoms with Gasteiger partial charge in [0, 0.05) is 19.0 Å². The number of rotatable bonds is 5. The lowest BCUT2D eigenvalue weighted by Gasteiger charge is -2.14. The number of Topliss-reactive ketones (excluding diaryl/α,β-unsaturated/α-hetero) is 1. The Labute approximate surface area is 117 Å². The van der Waals surface area contributed by atoms with Gasteiger partial charge in [0.05, 0.1) is 0 Å². The zero-order chi connectivity index (χ0) is 15.1. The fourth-order valence-electron chi connectivity index (χ4n) is 1.46. The van der Waals surface area contributed by atoms with Crippen molar-refractivity contribution in [3.8, 4) is 5.75 Å². The minimum absolute atomic E-state index is 0.0435. The standard InChI is InChI=1S/C14H18N2O4/c1-4-12(17)10-5-7-11(8-6-10)20-9(2)13(18)16-14(19)15-3/h5-9H,4H2,1-3H3,(H2,15,16,18,19)/t9-/m1/s1. The van der Waals surface area contributed by atoms with E-state index in [1.807, 2.05) is 0 Å². The number of amides is 3. The van der Waals surface area contributed by atoms with Crippen molar-refractivity contribution in [1.29, 1.82) is 0 Å². The van der Waals surface area contributed by atoms with E-state index in [4.69, 9.17) is 4.74 Å². The molecule has 108 valence electrons. The van der Waals surface area contributed by atoms with Gasteiger partial charge in [0.25, 0.3) is 5.91 Å². The van der Waals surface area contributed by atoms with Gasteiger partial charge in [-0.1, -0.05) is 6.92 Å². The molecule has 0 aliphatic heterocycles. The van der Waals surface area contributed by atoms with Gasteiger partial charge in [-0.2, -0.15) is 0 Å².